The molecule has 0 saturated carbocycles. The summed E-state index contributed by atoms with van der Waals surface area (Å²) in [5, 5.41) is 13.0. The third kappa shape index (κ3) is 3.31. The normalized spacial score (nSPS) is 18.8. The van der Waals surface area contributed by atoms with E-state index in [0.717, 1.165) is 0 Å². The van der Waals surface area contributed by atoms with Crippen LogP contribution >= 0.6 is 23.2 Å². The molecule has 8 heteroatoms. The lowest BCUT2D eigenvalue weighted by Gasteiger charge is -2.13. The van der Waals surface area contributed by atoms with Crippen molar-refractivity contribution in [2.24, 2.45) is 0 Å². The molecule has 1 fully saturated rings. The fourth-order valence-corrected chi connectivity index (χ4v) is 4.35. The van der Waals surface area contributed by atoms with Gasteiger partial charge in [-0.2, -0.15) is 5.26 Å². The second-order valence-electron chi connectivity index (χ2n) is 5.21. The highest BCUT2D eigenvalue weighted by Gasteiger charge is 2.33. The van der Waals surface area contributed by atoms with E-state index < -0.39 is 20.8 Å². The highest BCUT2D eigenvalue weighted by Crippen LogP contribution is 2.36. The third-order valence-electron chi connectivity index (χ3n) is 3.66. The Morgan fingerprint density at radius 3 is 2.36 bits per heavy atom. The molecule has 25 heavy (non-hydrogen) atoms. The van der Waals surface area contributed by atoms with Gasteiger partial charge in [0.2, 0.25) is 20.6 Å². The summed E-state index contributed by atoms with van der Waals surface area (Å²) < 4.78 is 31.0. The third-order valence-corrected chi connectivity index (χ3v) is 6.03. The van der Waals surface area contributed by atoms with Crippen molar-refractivity contribution in [1.82, 2.24) is 5.32 Å². The van der Waals surface area contributed by atoms with E-state index in [1.807, 2.05) is 0 Å². The highest BCUT2D eigenvalue weighted by molar-refractivity contribution is 7.95. The van der Waals surface area contributed by atoms with Crippen LogP contribution < -0.4 is 5.32 Å². The number of sulfone groups is 1. The van der Waals surface area contributed by atoms with Crippen LogP contribution in [0.2, 0.25) is 10.0 Å². The van der Waals surface area contributed by atoms with Gasteiger partial charge in [0, 0.05) is 15.6 Å². The number of hydrogen-bond donors (Lipinski definition) is 1. The largest absolute Gasteiger partial charge is 0.468 e. The van der Waals surface area contributed by atoms with Crippen LogP contribution in [0.25, 0.3) is 0 Å². The topological polar surface area (TPSA) is 79.2 Å². The molecule has 1 heterocycles. The minimum Gasteiger partial charge on any atom is -0.468 e. The van der Waals surface area contributed by atoms with Gasteiger partial charge in [-0.05, 0) is 24.3 Å². The number of nitrogens with one attached hydrogen (secondary N) is 1. The maximum Gasteiger partial charge on any atom is 0.221 e. The molecular formula is C17H12Cl2N2O3S. The van der Waals surface area contributed by atoms with Gasteiger partial charge in [-0.1, -0.05) is 47.5 Å². The predicted octanol–water partition coefficient (Wildman–Crippen LogP) is 3.82. The summed E-state index contributed by atoms with van der Waals surface area (Å²) in [6, 6.07) is 14.5. The Hall–Kier alpha value is -2.20. The first-order chi connectivity index (χ1) is 11.9. The quantitative estimate of drug-likeness (QED) is 0.800. The first-order valence-corrected chi connectivity index (χ1v) is 9.48. The van der Waals surface area contributed by atoms with Crippen molar-refractivity contribution in [3.8, 4) is 6.07 Å². The number of ether oxygens (including phenoxy) is 1. The Morgan fingerprint density at radius 2 is 1.76 bits per heavy atom. The van der Waals surface area contributed by atoms with Gasteiger partial charge in [0.1, 0.15) is 12.2 Å². The number of hydrogen-bond acceptors (Lipinski definition) is 5. The fourth-order valence-electron chi connectivity index (χ4n) is 2.47. The van der Waals surface area contributed by atoms with E-state index in [2.05, 4.69) is 5.32 Å². The summed E-state index contributed by atoms with van der Waals surface area (Å²) in [6.45, 7) is 0.244. The minimum absolute atomic E-state index is 0.0173. The van der Waals surface area contributed by atoms with Crippen LogP contribution in [0.3, 0.4) is 0 Å². The molecule has 1 aliphatic rings. The summed E-state index contributed by atoms with van der Waals surface area (Å²) in [7, 11) is -4.00. The molecule has 1 N–H and O–H groups in total. The van der Waals surface area contributed by atoms with Crippen molar-refractivity contribution in [3.05, 3.63) is 74.9 Å². The summed E-state index contributed by atoms with van der Waals surface area (Å²) >= 11 is 12.3. The number of nitrogens with zero attached hydrogens (tertiary/aromatic N) is 1. The van der Waals surface area contributed by atoms with Crippen LogP contribution in [-0.2, 0) is 14.6 Å². The van der Waals surface area contributed by atoms with Crippen LogP contribution in [0.5, 0.6) is 0 Å². The van der Waals surface area contributed by atoms with Crippen molar-refractivity contribution in [3.63, 3.8) is 0 Å². The molecular weight excluding hydrogens is 383 g/mol. The van der Waals surface area contributed by atoms with Crippen molar-refractivity contribution < 1.29 is 13.2 Å². The average molecular weight is 395 g/mol. The van der Waals surface area contributed by atoms with Crippen molar-refractivity contribution in [2.45, 2.75) is 11.0 Å². The SMILES string of the molecule is N#C/C(=C1/NCC(c2c(Cl)cccc2Cl)O1)S(=O)(=O)c1ccccc1. The second-order valence-corrected chi connectivity index (χ2v) is 7.91. The van der Waals surface area contributed by atoms with E-state index in [4.69, 9.17) is 27.9 Å². The summed E-state index contributed by atoms with van der Waals surface area (Å²) in [5.41, 5.74) is 0.544. The average Bonchev–Trinajstić information content (AvgIpc) is 3.05. The molecule has 0 spiro atoms. The molecule has 0 aliphatic carbocycles. The summed E-state index contributed by atoms with van der Waals surface area (Å²) in [4.78, 5) is -0.465. The molecule has 0 aromatic heterocycles. The van der Waals surface area contributed by atoms with Gasteiger partial charge in [0.15, 0.2) is 0 Å². The number of halogens is 2. The van der Waals surface area contributed by atoms with Gasteiger partial charge in [0.05, 0.1) is 11.4 Å². The number of nitriles is 1. The summed E-state index contributed by atoms with van der Waals surface area (Å²) in [6.07, 6.45) is -0.592. The summed E-state index contributed by atoms with van der Waals surface area (Å²) in [5.74, 6) is -0.104. The Bertz CT molecular complexity index is 962. The molecule has 2 aromatic rings. The van der Waals surface area contributed by atoms with Crippen LogP contribution in [0, 0.1) is 11.3 Å². The van der Waals surface area contributed by atoms with Gasteiger partial charge < -0.3 is 10.1 Å². The monoisotopic (exact) mass is 394 g/mol. The molecule has 0 radical (unpaired) electrons. The van der Waals surface area contributed by atoms with E-state index in [1.54, 1.807) is 42.5 Å². The minimum atomic E-state index is -4.00. The maximum atomic E-state index is 12.7. The maximum absolute atomic E-state index is 12.7. The number of allylic oxidation sites excluding steroid dienone is 1. The van der Waals surface area contributed by atoms with Crippen molar-refractivity contribution >= 4 is 33.0 Å². The Morgan fingerprint density at radius 1 is 1.12 bits per heavy atom. The van der Waals surface area contributed by atoms with E-state index in [-0.39, 0.29) is 17.3 Å². The lowest BCUT2D eigenvalue weighted by Crippen LogP contribution is -2.13. The zero-order valence-electron chi connectivity index (χ0n) is 12.7. The first-order valence-electron chi connectivity index (χ1n) is 7.24. The van der Waals surface area contributed by atoms with Crippen LogP contribution in [-0.4, -0.2) is 15.0 Å². The molecule has 1 aliphatic heterocycles. The van der Waals surface area contributed by atoms with Gasteiger partial charge >= 0.3 is 0 Å². The fraction of sp³-hybridized carbons (Fsp3) is 0.118. The Labute approximate surface area is 155 Å². The lowest BCUT2D eigenvalue weighted by molar-refractivity contribution is 0.169. The predicted molar refractivity (Wildman–Crippen MR) is 94.6 cm³/mol. The van der Waals surface area contributed by atoms with E-state index in [0.29, 0.717) is 15.6 Å². The van der Waals surface area contributed by atoms with Gasteiger partial charge in [-0.25, -0.2) is 8.42 Å². The standard InChI is InChI=1S/C17H12Cl2N2O3S/c18-12-7-4-8-13(19)16(12)14-10-21-17(24-14)15(9-20)25(22,23)11-5-2-1-3-6-11/h1-8,14,21H,10H2/b17-15+. The Kier molecular flexibility index (Phi) is 4.91. The molecule has 1 atom stereocenters. The highest BCUT2D eigenvalue weighted by atomic mass is 35.5. The molecule has 0 amide bonds. The van der Waals surface area contributed by atoms with Crippen LogP contribution in [0.15, 0.2) is 64.2 Å². The second kappa shape index (κ2) is 6.96. The van der Waals surface area contributed by atoms with E-state index in [9.17, 15) is 13.7 Å². The van der Waals surface area contributed by atoms with Crippen LogP contribution in [0.4, 0.5) is 0 Å². The number of rotatable bonds is 3. The molecule has 1 unspecified atom stereocenters. The van der Waals surface area contributed by atoms with Crippen molar-refractivity contribution in [2.75, 3.05) is 6.54 Å². The Balaban J connectivity index is 2.00. The molecule has 128 valence electrons. The van der Waals surface area contributed by atoms with Crippen LogP contribution in [0.1, 0.15) is 11.7 Å². The van der Waals surface area contributed by atoms with Gasteiger partial charge in [-0.15, -0.1) is 0 Å². The van der Waals surface area contributed by atoms with Gasteiger partial charge in [-0.3, -0.25) is 0 Å². The van der Waals surface area contributed by atoms with Crippen molar-refractivity contribution in [1.29, 1.82) is 5.26 Å². The zero-order chi connectivity index (χ0) is 18.0. The molecule has 0 bridgehead atoms. The molecule has 3 rings (SSSR count). The van der Waals surface area contributed by atoms with E-state index in [1.165, 1.54) is 12.1 Å². The lowest BCUT2D eigenvalue weighted by atomic mass is 10.1. The first kappa shape index (κ1) is 17.6. The molecule has 2 aromatic carbocycles. The number of benzene rings is 2. The molecule has 5 nitrogen and oxygen atoms in total. The molecule has 1 saturated heterocycles. The van der Waals surface area contributed by atoms with Gasteiger partial charge in [0.25, 0.3) is 0 Å². The smallest absolute Gasteiger partial charge is 0.221 e. The zero-order valence-corrected chi connectivity index (χ0v) is 15.1. The van der Waals surface area contributed by atoms with E-state index >= 15 is 0 Å².